The highest BCUT2D eigenvalue weighted by Gasteiger charge is 2.33. The number of hydrogen-bond acceptors (Lipinski definition) is 4. The van der Waals surface area contributed by atoms with Crippen molar-refractivity contribution in [2.75, 3.05) is 11.9 Å². The second-order valence-corrected chi connectivity index (χ2v) is 7.82. The Bertz CT molecular complexity index is 993. The van der Waals surface area contributed by atoms with Crippen LogP contribution in [0, 0.1) is 5.82 Å². The van der Waals surface area contributed by atoms with Crippen molar-refractivity contribution in [2.24, 2.45) is 0 Å². The third-order valence-corrected chi connectivity index (χ3v) is 5.40. The Hall–Kier alpha value is -2.48. The van der Waals surface area contributed by atoms with Gasteiger partial charge in [-0.3, -0.25) is 14.5 Å². The molecule has 2 aromatic carbocycles. The summed E-state index contributed by atoms with van der Waals surface area (Å²) in [6.45, 7) is -0.237. The van der Waals surface area contributed by atoms with Crippen LogP contribution in [0.1, 0.15) is 5.56 Å². The van der Waals surface area contributed by atoms with Gasteiger partial charge in [-0.1, -0.05) is 78.1 Å². The van der Waals surface area contributed by atoms with Crippen LogP contribution in [-0.4, -0.2) is 27.6 Å². The molecule has 1 aliphatic rings. The summed E-state index contributed by atoms with van der Waals surface area (Å²) in [4.78, 5) is 26.4. The third-order valence-electron chi connectivity index (χ3n) is 3.71. The summed E-state index contributed by atoms with van der Waals surface area (Å²) in [6, 6.07) is 13.5. The second-order valence-electron chi connectivity index (χ2n) is 5.74. The lowest BCUT2D eigenvalue weighted by Gasteiger charge is -2.14. The van der Waals surface area contributed by atoms with E-state index in [1.165, 1.54) is 17.0 Å². The minimum absolute atomic E-state index is 0.100. The van der Waals surface area contributed by atoms with Crippen LogP contribution in [0.4, 0.5) is 10.1 Å². The quantitative estimate of drug-likeness (QED) is 0.540. The van der Waals surface area contributed by atoms with Gasteiger partial charge in [0.05, 0.1) is 9.93 Å². The Morgan fingerprint density at radius 1 is 1.25 bits per heavy atom. The number of carbonyl (C=O) groups excluding carboxylic acids is 2. The molecule has 0 aromatic heterocycles. The van der Waals surface area contributed by atoms with Crippen molar-refractivity contribution in [1.82, 2.24) is 4.90 Å². The Kier molecular flexibility index (Phi) is 6.61. The fourth-order valence-corrected chi connectivity index (χ4v) is 3.77. The number of thiocarbonyl (C=S) groups is 1. The van der Waals surface area contributed by atoms with Gasteiger partial charge >= 0.3 is 0 Å². The first kappa shape index (κ1) is 20.3. The first-order valence-electron chi connectivity index (χ1n) is 8.16. The average Bonchev–Trinajstić information content (AvgIpc) is 2.93. The SMILES string of the molecule is O=C(CN1C(=O)C(=CC=Cc2ccccc2)SC1=S)Nc1ccc(F)c(Cl)c1. The molecule has 1 fully saturated rings. The molecule has 0 atom stereocenters. The molecule has 4 nitrogen and oxygen atoms in total. The number of nitrogens with zero attached hydrogens (tertiary/aromatic N) is 1. The molecule has 8 heteroatoms. The first-order chi connectivity index (χ1) is 13.4. The van der Waals surface area contributed by atoms with Crippen molar-refractivity contribution in [3.8, 4) is 0 Å². The molecule has 1 N–H and O–H groups in total. The van der Waals surface area contributed by atoms with Crippen LogP contribution < -0.4 is 5.32 Å². The van der Waals surface area contributed by atoms with Crippen molar-refractivity contribution in [3.05, 3.63) is 82.0 Å². The van der Waals surface area contributed by atoms with Crippen molar-refractivity contribution in [1.29, 1.82) is 0 Å². The van der Waals surface area contributed by atoms with Crippen LogP contribution in [-0.2, 0) is 9.59 Å². The zero-order valence-corrected chi connectivity index (χ0v) is 16.8. The number of benzene rings is 2. The lowest BCUT2D eigenvalue weighted by atomic mass is 10.2. The molecule has 3 rings (SSSR count). The Morgan fingerprint density at radius 2 is 2.00 bits per heavy atom. The van der Waals surface area contributed by atoms with Crippen LogP contribution in [0.5, 0.6) is 0 Å². The number of amides is 2. The number of hydrogen-bond donors (Lipinski definition) is 1. The van der Waals surface area contributed by atoms with Gasteiger partial charge in [-0.2, -0.15) is 0 Å². The lowest BCUT2D eigenvalue weighted by Crippen LogP contribution is -2.36. The zero-order chi connectivity index (χ0) is 20.1. The van der Waals surface area contributed by atoms with Gasteiger partial charge < -0.3 is 5.32 Å². The molecule has 0 radical (unpaired) electrons. The van der Waals surface area contributed by atoms with E-state index in [1.807, 2.05) is 36.4 Å². The molecule has 0 aliphatic carbocycles. The van der Waals surface area contributed by atoms with E-state index in [-0.39, 0.29) is 17.5 Å². The standard InChI is InChI=1S/C20H14ClFN2O2S2/c21-15-11-14(9-10-16(15)22)23-18(25)12-24-19(26)17(28-20(24)27)8-4-7-13-5-2-1-3-6-13/h1-11H,12H2,(H,23,25). The first-order valence-corrected chi connectivity index (χ1v) is 9.76. The summed E-state index contributed by atoms with van der Waals surface area (Å²) in [5.41, 5.74) is 1.34. The minimum atomic E-state index is -0.578. The molecule has 0 spiro atoms. The topological polar surface area (TPSA) is 49.4 Å². The number of allylic oxidation sites excluding steroid dienone is 2. The van der Waals surface area contributed by atoms with E-state index in [0.29, 0.717) is 14.9 Å². The van der Waals surface area contributed by atoms with E-state index in [0.717, 1.165) is 23.4 Å². The van der Waals surface area contributed by atoms with Crippen molar-refractivity contribution < 1.29 is 14.0 Å². The van der Waals surface area contributed by atoms with Gasteiger partial charge in [-0.15, -0.1) is 0 Å². The second kappa shape index (κ2) is 9.14. The summed E-state index contributed by atoms with van der Waals surface area (Å²) in [6.07, 6.45) is 5.31. The van der Waals surface area contributed by atoms with E-state index >= 15 is 0 Å². The number of rotatable bonds is 5. The van der Waals surface area contributed by atoms with Crippen molar-refractivity contribution in [3.63, 3.8) is 0 Å². The maximum Gasteiger partial charge on any atom is 0.266 e. The van der Waals surface area contributed by atoms with Gasteiger partial charge in [0.1, 0.15) is 16.7 Å². The number of halogens is 2. The summed E-state index contributed by atoms with van der Waals surface area (Å²) in [5.74, 6) is -1.37. The van der Waals surface area contributed by atoms with Crippen LogP contribution in [0.2, 0.25) is 5.02 Å². The fraction of sp³-hybridized carbons (Fsp3) is 0.0500. The number of carbonyl (C=O) groups is 2. The van der Waals surface area contributed by atoms with E-state index in [2.05, 4.69) is 5.32 Å². The average molecular weight is 433 g/mol. The summed E-state index contributed by atoms with van der Waals surface area (Å²) in [5, 5.41) is 2.47. The molecule has 0 saturated carbocycles. The van der Waals surface area contributed by atoms with E-state index in [1.54, 1.807) is 12.2 Å². The van der Waals surface area contributed by atoms with Gasteiger partial charge in [0.25, 0.3) is 5.91 Å². The maximum atomic E-state index is 13.2. The molecule has 1 saturated heterocycles. The molecule has 0 bridgehead atoms. The Labute approximate surface area is 176 Å². The normalized spacial score (nSPS) is 15.6. The Balaban J connectivity index is 1.63. The largest absolute Gasteiger partial charge is 0.324 e. The van der Waals surface area contributed by atoms with Gasteiger partial charge in [-0.05, 0) is 29.8 Å². The number of nitrogens with one attached hydrogen (secondary N) is 1. The van der Waals surface area contributed by atoms with E-state index in [4.69, 9.17) is 23.8 Å². The van der Waals surface area contributed by atoms with Gasteiger partial charge in [-0.25, -0.2) is 4.39 Å². The highest BCUT2D eigenvalue weighted by Crippen LogP contribution is 2.31. The molecule has 1 aliphatic heterocycles. The minimum Gasteiger partial charge on any atom is -0.324 e. The zero-order valence-electron chi connectivity index (χ0n) is 14.4. The highest BCUT2D eigenvalue weighted by atomic mass is 35.5. The Morgan fingerprint density at radius 3 is 2.71 bits per heavy atom. The molecular formula is C20H14ClFN2O2S2. The van der Waals surface area contributed by atoms with Crippen molar-refractivity contribution in [2.45, 2.75) is 0 Å². The van der Waals surface area contributed by atoms with Crippen LogP contribution >= 0.6 is 35.6 Å². The molecule has 28 heavy (non-hydrogen) atoms. The predicted molar refractivity (Wildman–Crippen MR) is 116 cm³/mol. The summed E-state index contributed by atoms with van der Waals surface area (Å²) in [7, 11) is 0. The van der Waals surface area contributed by atoms with Gasteiger partial charge in [0.2, 0.25) is 5.91 Å². The summed E-state index contributed by atoms with van der Waals surface area (Å²) >= 11 is 12.0. The molecule has 1 heterocycles. The molecule has 2 aromatic rings. The van der Waals surface area contributed by atoms with E-state index in [9.17, 15) is 14.0 Å². The molecule has 2 amide bonds. The lowest BCUT2D eigenvalue weighted by molar-refractivity contribution is -0.126. The maximum absolute atomic E-state index is 13.2. The fourth-order valence-electron chi connectivity index (χ4n) is 2.38. The van der Waals surface area contributed by atoms with Gasteiger partial charge in [0, 0.05) is 5.69 Å². The molecule has 0 unspecified atom stereocenters. The van der Waals surface area contributed by atoms with Crippen LogP contribution in [0.15, 0.2) is 65.6 Å². The molecular weight excluding hydrogens is 419 g/mol. The predicted octanol–water partition coefficient (Wildman–Crippen LogP) is 4.88. The number of thioether (sulfide) groups is 1. The summed E-state index contributed by atoms with van der Waals surface area (Å²) < 4.78 is 13.5. The third kappa shape index (κ3) is 5.07. The van der Waals surface area contributed by atoms with Crippen molar-refractivity contribution >= 4 is 63.5 Å². The highest BCUT2D eigenvalue weighted by molar-refractivity contribution is 8.26. The smallest absolute Gasteiger partial charge is 0.266 e. The van der Waals surface area contributed by atoms with Gasteiger partial charge in [0.15, 0.2) is 0 Å². The van der Waals surface area contributed by atoms with Crippen LogP contribution in [0.25, 0.3) is 6.08 Å². The molecule has 142 valence electrons. The monoisotopic (exact) mass is 432 g/mol. The van der Waals surface area contributed by atoms with E-state index < -0.39 is 11.7 Å². The number of anilines is 1. The van der Waals surface area contributed by atoms with Crippen LogP contribution in [0.3, 0.4) is 0 Å².